The van der Waals surface area contributed by atoms with Crippen molar-refractivity contribution in [1.29, 1.82) is 0 Å². The molecule has 0 spiro atoms. The van der Waals surface area contributed by atoms with Crippen LogP contribution in [0.4, 0.5) is 5.69 Å². The molecule has 2 atom stereocenters. The Bertz CT molecular complexity index is 836. The number of carbonyl (C=O) groups excluding carboxylic acids is 2. The van der Waals surface area contributed by atoms with Crippen LogP contribution in [0, 0.1) is 5.92 Å². The molecule has 2 amide bonds. The van der Waals surface area contributed by atoms with Gasteiger partial charge in [0.25, 0.3) is 0 Å². The monoisotopic (exact) mass is 364 g/mol. The lowest BCUT2D eigenvalue weighted by Crippen LogP contribution is -2.41. The Kier molecular flexibility index (Phi) is 4.94. The largest absolute Gasteiger partial charge is 0.371 e. The number of amides is 2. The summed E-state index contributed by atoms with van der Waals surface area (Å²) < 4.78 is 5.93. The van der Waals surface area contributed by atoms with E-state index in [4.69, 9.17) is 4.74 Å². The van der Waals surface area contributed by atoms with Crippen molar-refractivity contribution in [3.8, 4) is 0 Å². The van der Waals surface area contributed by atoms with Crippen LogP contribution in [0.3, 0.4) is 0 Å². The average molecular weight is 364 g/mol. The highest BCUT2D eigenvalue weighted by atomic mass is 16.5. The van der Waals surface area contributed by atoms with Crippen LogP contribution in [-0.4, -0.2) is 43.0 Å². The average Bonchev–Trinajstić information content (AvgIpc) is 3.09. The van der Waals surface area contributed by atoms with E-state index in [2.05, 4.69) is 12.1 Å². The summed E-state index contributed by atoms with van der Waals surface area (Å²) in [5.41, 5.74) is 3.37. The number of fused-ring (bicyclic) bond motifs is 1. The summed E-state index contributed by atoms with van der Waals surface area (Å²) in [6.45, 7) is 1.58. The van der Waals surface area contributed by atoms with E-state index in [0.717, 1.165) is 12.1 Å². The molecule has 27 heavy (non-hydrogen) atoms. The van der Waals surface area contributed by atoms with Gasteiger partial charge in [0.15, 0.2) is 0 Å². The Morgan fingerprint density at radius 1 is 1.07 bits per heavy atom. The van der Waals surface area contributed by atoms with Gasteiger partial charge in [0.1, 0.15) is 0 Å². The normalized spacial score (nSPS) is 21.8. The van der Waals surface area contributed by atoms with Crippen molar-refractivity contribution in [2.24, 2.45) is 5.92 Å². The van der Waals surface area contributed by atoms with Crippen molar-refractivity contribution in [1.82, 2.24) is 4.90 Å². The molecule has 2 aliphatic heterocycles. The molecule has 2 unspecified atom stereocenters. The summed E-state index contributed by atoms with van der Waals surface area (Å²) in [6.07, 6.45) is 1.08. The highest BCUT2D eigenvalue weighted by Gasteiger charge is 2.37. The second kappa shape index (κ2) is 7.53. The zero-order valence-electron chi connectivity index (χ0n) is 15.5. The van der Waals surface area contributed by atoms with E-state index in [-0.39, 0.29) is 30.3 Å². The first-order chi connectivity index (χ1) is 13.1. The van der Waals surface area contributed by atoms with Crippen molar-refractivity contribution < 1.29 is 14.3 Å². The zero-order chi connectivity index (χ0) is 18.8. The van der Waals surface area contributed by atoms with E-state index in [0.29, 0.717) is 19.7 Å². The second-order valence-electron chi connectivity index (χ2n) is 7.37. The predicted octanol–water partition coefficient (Wildman–Crippen LogP) is 2.64. The highest BCUT2D eigenvalue weighted by Crippen LogP contribution is 2.26. The molecule has 0 saturated carbocycles. The molecule has 2 aliphatic rings. The van der Waals surface area contributed by atoms with Gasteiger partial charge in [0, 0.05) is 38.7 Å². The Morgan fingerprint density at radius 2 is 1.78 bits per heavy atom. The standard InChI is InChI=1S/C22H24N2O3/c1-23(14-20-11-16-7-5-6-8-17(16)15-27-20)22(26)18-12-21(25)24(13-18)19-9-3-2-4-10-19/h2-10,18,20H,11-15H2,1H3. The van der Waals surface area contributed by atoms with Crippen molar-refractivity contribution in [3.05, 3.63) is 65.7 Å². The summed E-state index contributed by atoms with van der Waals surface area (Å²) in [6, 6.07) is 17.8. The smallest absolute Gasteiger partial charge is 0.227 e. The first-order valence-electron chi connectivity index (χ1n) is 9.40. The van der Waals surface area contributed by atoms with Gasteiger partial charge in [-0.3, -0.25) is 9.59 Å². The lowest BCUT2D eigenvalue weighted by molar-refractivity contribution is -0.136. The minimum Gasteiger partial charge on any atom is -0.371 e. The van der Waals surface area contributed by atoms with Gasteiger partial charge in [-0.25, -0.2) is 0 Å². The van der Waals surface area contributed by atoms with Crippen molar-refractivity contribution in [3.63, 3.8) is 0 Å². The third-order valence-corrected chi connectivity index (χ3v) is 5.44. The van der Waals surface area contributed by atoms with Crippen LogP contribution in [0.2, 0.25) is 0 Å². The Labute approximate surface area is 159 Å². The number of nitrogens with zero attached hydrogens (tertiary/aromatic N) is 2. The van der Waals surface area contributed by atoms with Gasteiger partial charge in [0.2, 0.25) is 11.8 Å². The minimum atomic E-state index is -0.293. The van der Waals surface area contributed by atoms with Crippen LogP contribution < -0.4 is 4.90 Å². The maximum atomic E-state index is 12.9. The van der Waals surface area contributed by atoms with Gasteiger partial charge < -0.3 is 14.5 Å². The number of para-hydroxylation sites is 1. The fourth-order valence-electron chi connectivity index (χ4n) is 3.96. The SMILES string of the molecule is CN(CC1Cc2ccccc2CO1)C(=O)C1CC(=O)N(c2ccccc2)C1. The molecule has 1 fully saturated rings. The summed E-state index contributed by atoms with van der Waals surface area (Å²) in [7, 11) is 1.81. The van der Waals surface area contributed by atoms with Gasteiger partial charge in [-0.1, -0.05) is 42.5 Å². The van der Waals surface area contributed by atoms with Crippen LogP contribution in [-0.2, 0) is 27.4 Å². The molecule has 0 radical (unpaired) electrons. The van der Waals surface area contributed by atoms with Gasteiger partial charge in [-0.15, -0.1) is 0 Å². The molecule has 0 aliphatic carbocycles. The number of anilines is 1. The van der Waals surface area contributed by atoms with E-state index >= 15 is 0 Å². The van der Waals surface area contributed by atoms with Gasteiger partial charge in [-0.05, 0) is 23.3 Å². The van der Waals surface area contributed by atoms with E-state index in [1.807, 2.05) is 49.5 Å². The van der Waals surface area contributed by atoms with Gasteiger partial charge in [-0.2, -0.15) is 0 Å². The number of hydrogen-bond acceptors (Lipinski definition) is 3. The van der Waals surface area contributed by atoms with Crippen LogP contribution in [0.15, 0.2) is 54.6 Å². The maximum absolute atomic E-state index is 12.9. The van der Waals surface area contributed by atoms with Crippen molar-refractivity contribution in [2.45, 2.75) is 25.6 Å². The summed E-state index contributed by atoms with van der Waals surface area (Å²) in [5.74, 6) is -0.265. The topological polar surface area (TPSA) is 49.9 Å². The van der Waals surface area contributed by atoms with Crippen molar-refractivity contribution in [2.75, 3.05) is 25.0 Å². The Morgan fingerprint density at radius 3 is 2.56 bits per heavy atom. The number of rotatable bonds is 4. The van der Waals surface area contributed by atoms with Crippen LogP contribution in [0.5, 0.6) is 0 Å². The number of benzene rings is 2. The molecular formula is C22H24N2O3. The van der Waals surface area contributed by atoms with Crippen LogP contribution >= 0.6 is 0 Å². The molecule has 5 nitrogen and oxygen atoms in total. The molecule has 2 heterocycles. The Balaban J connectivity index is 1.37. The maximum Gasteiger partial charge on any atom is 0.227 e. The first kappa shape index (κ1) is 17.7. The number of likely N-dealkylation sites (N-methyl/N-ethyl adjacent to an activating group) is 1. The molecule has 1 saturated heterocycles. The molecule has 0 aromatic heterocycles. The second-order valence-corrected chi connectivity index (χ2v) is 7.37. The molecule has 2 aromatic carbocycles. The fourth-order valence-corrected chi connectivity index (χ4v) is 3.96. The number of ether oxygens (including phenoxy) is 1. The lowest BCUT2D eigenvalue weighted by Gasteiger charge is -2.30. The molecule has 2 aromatic rings. The van der Waals surface area contributed by atoms with Crippen LogP contribution in [0.25, 0.3) is 0 Å². The summed E-state index contributed by atoms with van der Waals surface area (Å²) in [4.78, 5) is 28.7. The van der Waals surface area contributed by atoms with E-state index in [1.165, 1.54) is 11.1 Å². The lowest BCUT2D eigenvalue weighted by atomic mass is 9.98. The van der Waals surface area contributed by atoms with E-state index in [1.54, 1.807) is 9.80 Å². The fraction of sp³-hybridized carbons (Fsp3) is 0.364. The number of hydrogen-bond donors (Lipinski definition) is 0. The molecular weight excluding hydrogens is 340 g/mol. The molecule has 5 heteroatoms. The van der Waals surface area contributed by atoms with Gasteiger partial charge in [0.05, 0.1) is 18.6 Å². The summed E-state index contributed by atoms with van der Waals surface area (Å²) in [5, 5.41) is 0. The van der Waals surface area contributed by atoms with E-state index in [9.17, 15) is 9.59 Å². The highest BCUT2D eigenvalue weighted by molar-refractivity contribution is 6.00. The Hall–Kier alpha value is -2.66. The van der Waals surface area contributed by atoms with Gasteiger partial charge >= 0.3 is 0 Å². The number of carbonyl (C=O) groups is 2. The molecule has 140 valence electrons. The predicted molar refractivity (Wildman–Crippen MR) is 103 cm³/mol. The third kappa shape index (κ3) is 3.74. The van der Waals surface area contributed by atoms with Crippen LogP contribution in [0.1, 0.15) is 17.5 Å². The minimum absolute atomic E-state index is 0.00354. The molecule has 4 rings (SSSR count). The van der Waals surface area contributed by atoms with E-state index < -0.39 is 0 Å². The first-order valence-corrected chi connectivity index (χ1v) is 9.40. The zero-order valence-corrected chi connectivity index (χ0v) is 15.5. The third-order valence-electron chi connectivity index (χ3n) is 5.44. The quantitative estimate of drug-likeness (QED) is 0.838. The van der Waals surface area contributed by atoms with Crippen molar-refractivity contribution >= 4 is 17.5 Å². The molecule has 0 N–H and O–H groups in total. The molecule has 0 bridgehead atoms. The summed E-state index contributed by atoms with van der Waals surface area (Å²) >= 11 is 0.